The van der Waals surface area contributed by atoms with Crippen molar-refractivity contribution in [2.45, 2.75) is 38.3 Å². The average molecular weight is 336 g/mol. The van der Waals surface area contributed by atoms with Crippen molar-refractivity contribution in [1.82, 2.24) is 10.6 Å². The number of amides is 2. The molecule has 0 spiro atoms. The molecule has 6 heteroatoms. The van der Waals surface area contributed by atoms with Crippen LogP contribution >= 0.6 is 11.8 Å². The number of carbonyl (C=O) groups is 2. The molecule has 2 rings (SSSR count). The van der Waals surface area contributed by atoms with Gasteiger partial charge in [0.05, 0.1) is 6.54 Å². The van der Waals surface area contributed by atoms with Gasteiger partial charge in [0.2, 0.25) is 11.8 Å². The summed E-state index contributed by atoms with van der Waals surface area (Å²) in [5.74, 6) is 1.48. The summed E-state index contributed by atoms with van der Waals surface area (Å²) in [6.07, 6.45) is 3.75. The minimum atomic E-state index is -0.473. The first-order valence-corrected chi connectivity index (χ1v) is 9.34. The van der Waals surface area contributed by atoms with Gasteiger partial charge in [0.1, 0.15) is 17.9 Å². The van der Waals surface area contributed by atoms with Crippen LogP contribution in [0.4, 0.5) is 0 Å². The van der Waals surface area contributed by atoms with Crippen molar-refractivity contribution in [3.8, 4) is 5.75 Å². The van der Waals surface area contributed by atoms with Crippen LogP contribution in [0, 0.1) is 0 Å². The maximum absolute atomic E-state index is 12.3. The Kier molecular flexibility index (Phi) is 6.77. The van der Waals surface area contributed by atoms with Gasteiger partial charge in [0.15, 0.2) is 0 Å². The second-order valence-corrected chi connectivity index (χ2v) is 6.54. The van der Waals surface area contributed by atoms with Crippen molar-refractivity contribution in [3.05, 3.63) is 29.8 Å². The van der Waals surface area contributed by atoms with Crippen LogP contribution in [0.25, 0.3) is 0 Å². The molecule has 0 saturated carbocycles. The lowest BCUT2D eigenvalue weighted by Crippen LogP contribution is -2.48. The van der Waals surface area contributed by atoms with Crippen molar-refractivity contribution in [1.29, 1.82) is 0 Å². The molecule has 1 aliphatic rings. The highest BCUT2D eigenvalue weighted by Gasteiger charge is 2.25. The maximum atomic E-state index is 12.3. The van der Waals surface area contributed by atoms with Gasteiger partial charge in [-0.2, -0.15) is 11.8 Å². The minimum absolute atomic E-state index is 0.0422. The zero-order chi connectivity index (χ0) is 16.7. The van der Waals surface area contributed by atoms with Gasteiger partial charge in [0, 0.05) is 12.8 Å². The molecule has 0 aliphatic carbocycles. The number of fused-ring (bicyclic) bond motifs is 1. The molecular weight excluding hydrogens is 312 g/mol. The number of thioether (sulfide) groups is 1. The van der Waals surface area contributed by atoms with Crippen LogP contribution < -0.4 is 15.4 Å². The number of carbonyl (C=O) groups excluding carboxylic acids is 2. The number of ether oxygens (including phenoxy) is 1. The van der Waals surface area contributed by atoms with Gasteiger partial charge >= 0.3 is 0 Å². The van der Waals surface area contributed by atoms with Gasteiger partial charge in [-0.1, -0.05) is 25.1 Å². The molecule has 1 aliphatic heterocycles. The molecule has 2 atom stereocenters. The average Bonchev–Trinajstić information content (AvgIpc) is 2.99. The highest BCUT2D eigenvalue weighted by Crippen LogP contribution is 2.27. The molecule has 1 aromatic rings. The lowest BCUT2D eigenvalue weighted by atomic mass is 10.1. The summed E-state index contributed by atoms with van der Waals surface area (Å²) in [5, 5.41) is 5.70. The third kappa shape index (κ3) is 5.16. The standard InChI is InChI=1S/C17H24N2O3S/c1-3-16(20)19-14(8-9-23-2)17(21)18-11-13-10-12-6-4-5-7-15(12)22-13/h4-7,13-14H,3,8-11H2,1-2H3,(H,18,21)(H,19,20). The van der Waals surface area contributed by atoms with E-state index >= 15 is 0 Å². The Morgan fingerprint density at radius 1 is 1.39 bits per heavy atom. The summed E-state index contributed by atoms with van der Waals surface area (Å²) in [7, 11) is 0. The van der Waals surface area contributed by atoms with E-state index in [1.165, 1.54) is 5.56 Å². The predicted octanol–water partition coefficient (Wildman–Crippen LogP) is 1.75. The van der Waals surface area contributed by atoms with E-state index in [1.807, 2.05) is 30.5 Å². The van der Waals surface area contributed by atoms with E-state index in [4.69, 9.17) is 4.74 Å². The molecule has 1 aromatic carbocycles. The third-order valence-corrected chi connectivity index (χ3v) is 4.45. The Balaban J connectivity index is 1.83. The van der Waals surface area contributed by atoms with Crippen LogP contribution in [-0.4, -0.2) is 42.5 Å². The molecule has 5 nitrogen and oxygen atoms in total. The molecule has 2 N–H and O–H groups in total. The SMILES string of the molecule is CCC(=O)NC(CCSC)C(=O)NCC1Cc2ccccc2O1. The predicted molar refractivity (Wildman–Crippen MR) is 92.8 cm³/mol. The summed E-state index contributed by atoms with van der Waals surface area (Å²) in [6, 6.07) is 7.44. The van der Waals surface area contributed by atoms with Gasteiger partial charge in [-0.15, -0.1) is 0 Å². The Labute approximate surface area is 141 Å². The largest absolute Gasteiger partial charge is 0.488 e. The molecule has 0 saturated heterocycles. The van der Waals surface area contributed by atoms with Crippen LogP contribution in [-0.2, 0) is 16.0 Å². The molecule has 0 radical (unpaired) electrons. The first kappa shape index (κ1) is 17.7. The Bertz CT molecular complexity index is 525. The van der Waals surface area contributed by atoms with Gasteiger partial charge in [-0.05, 0) is 30.1 Å². The smallest absolute Gasteiger partial charge is 0.242 e. The van der Waals surface area contributed by atoms with Crippen molar-refractivity contribution >= 4 is 23.6 Å². The third-order valence-electron chi connectivity index (χ3n) is 3.80. The first-order valence-electron chi connectivity index (χ1n) is 7.94. The van der Waals surface area contributed by atoms with Crippen molar-refractivity contribution in [2.75, 3.05) is 18.6 Å². The van der Waals surface area contributed by atoms with E-state index in [0.717, 1.165) is 17.9 Å². The number of hydrogen-bond donors (Lipinski definition) is 2. The van der Waals surface area contributed by atoms with Crippen LogP contribution in [0.2, 0.25) is 0 Å². The first-order chi connectivity index (χ1) is 11.1. The summed E-state index contributed by atoms with van der Waals surface area (Å²) in [5.41, 5.74) is 1.17. The van der Waals surface area contributed by atoms with E-state index in [1.54, 1.807) is 18.7 Å². The number of para-hydroxylation sites is 1. The Morgan fingerprint density at radius 3 is 2.87 bits per heavy atom. The fraction of sp³-hybridized carbons (Fsp3) is 0.529. The van der Waals surface area contributed by atoms with E-state index in [-0.39, 0.29) is 17.9 Å². The van der Waals surface area contributed by atoms with E-state index in [0.29, 0.717) is 19.4 Å². The normalized spacial score (nSPS) is 17.0. The fourth-order valence-corrected chi connectivity index (χ4v) is 2.98. The molecule has 2 unspecified atom stereocenters. The summed E-state index contributed by atoms with van der Waals surface area (Å²) in [6.45, 7) is 2.23. The highest BCUT2D eigenvalue weighted by molar-refractivity contribution is 7.98. The number of benzene rings is 1. The Hall–Kier alpha value is -1.69. The number of hydrogen-bond acceptors (Lipinski definition) is 4. The van der Waals surface area contributed by atoms with Gasteiger partial charge in [-0.3, -0.25) is 9.59 Å². The second-order valence-electron chi connectivity index (χ2n) is 5.55. The monoisotopic (exact) mass is 336 g/mol. The van der Waals surface area contributed by atoms with Crippen molar-refractivity contribution < 1.29 is 14.3 Å². The van der Waals surface area contributed by atoms with Gasteiger partial charge in [0.25, 0.3) is 0 Å². The van der Waals surface area contributed by atoms with E-state index < -0.39 is 6.04 Å². The molecular formula is C17H24N2O3S. The minimum Gasteiger partial charge on any atom is -0.488 e. The zero-order valence-electron chi connectivity index (χ0n) is 13.6. The molecule has 0 fully saturated rings. The molecule has 0 bridgehead atoms. The lowest BCUT2D eigenvalue weighted by molar-refractivity contribution is -0.129. The highest BCUT2D eigenvalue weighted by atomic mass is 32.2. The molecule has 2 amide bonds. The summed E-state index contributed by atoms with van der Waals surface area (Å²) >= 11 is 1.66. The van der Waals surface area contributed by atoms with Gasteiger partial charge < -0.3 is 15.4 Å². The number of rotatable bonds is 8. The quantitative estimate of drug-likeness (QED) is 0.759. The lowest BCUT2D eigenvalue weighted by Gasteiger charge is -2.19. The van der Waals surface area contributed by atoms with Gasteiger partial charge in [-0.25, -0.2) is 0 Å². The second kappa shape index (κ2) is 8.82. The molecule has 0 aromatic heterocycles. The van der Waals surface area contributed by atoms with E-state index in [2.05, 4.69) is 10.6 Å². The van der Waals surface area contributed by atoms with Crippen LogP contribution in [0.5, 0.6) is 5.75 Å². The molecule has 23 heavy (non-hydrogen) atoms. The van der Waals surface area contributed by atoms with Crippen LogP contribution in [0.1, 0.15) is 25.3 Å². The van der Waals surface area contributed by atoms with Crippen LogP contribution in [0.15, 0.2) is 24.3 Å². The maximum Gasteiger partial charge on any atom is 0.242 e. The summed E-state index contributed by atoms with van der Waals surface area (Å²) < 4.78 is 5.81. The van der Waals surface area contributed by atoms with Crippen molar-refractivity contribution in [2.24, 2.45) is 0 Å². The molecule has 1 heterocycles. The van der Waals surface area contributed by atoms with E-state index in [9.17, 15) is 9.59 Å². The fourth-order valence-electron chi connectivity index (χ4n) is 2.51. The zero-order valence-corrected chi connectivity index (χ0v) is 14.4. The summed E-state index contributed by atoms with van der Waals surface area (Å²) in [4.78, 5) is 23.9. The van der Waals surface area contributed by atoms with Crippen LogP contribution in [0.3, 0.4) is 0 Å². The van der Waals surface area contributed by atoms with Crippen molar-refractivity contribution in [3.63, 3.8) is 0 Å². The Morgan fingerprint density at radius 2 is 2.17 bits per heavy atom. The molecule has 126 valence electrons. The number of nitrogens with one attached hydrogen (secondary N) is 2. The topological polar surface area (TPSA) is 67.4 Å².